The molecule has 0 spiro atoms. The summed E-state index contributed by atoms with van der Waals surface area (Å²) in [4.78, 5) is 5.35. The Balaban J connectivity index is 1.36. The molecule has 0 aromatic carbocycles. The molecule has 0 amide bonds. The van der Waals surface area contributed by atoms with E-state index < -0.39 is 0 Å². The summed E-state index contributed by atoms with van der Waals surface area (Å²) in [7, 11) is 0. The van der Waals surface area contributed by atoms with E-state index in [0.717, 1.165) is 12.0 Å². The molecule has 0 saturated carbocycles. The standard InChI is InChI=1S/C13H26N4/c1-3-14-4-2-12(1)9-16-10-13(11-16)17-7-5-15-6-8-17/h12-15H,1-11H2. The Bertz CT molecular complexity index is 228. The first kappa shape index (κ1) is 11.9. The molecule has 3 rings (SSSR count). The van der Waals surface area contributed by atoms with E-state index in [2.05, 4.69) is 20.4 Å². The second-order valence-electron chi connectivity index (χ2n) is 5.85. The van der Waals surface area contributed by atoms with Gasteiger partial charge in [0, 0.05) is 51.9 Å². The number of nitrogens with zero attached hydrogens (tertiary/aromatic N) is 2. The zero-order chi connectivity index (χ0) is 11.5. The van der Waals surface area contributed by atoms with E-state index in [1.54, 1.807) is 0 Å². The van der Waals surface area contributed by atoms with Crippen LogP contribution in [0.2, 0.25) is 0 Å². The van der Waals surface area contributed by atoms with Crippen molar-refractivity contribution in [1.82, 2.24) is 20.4 Å². The Morgan fingerprint density at radius 2 is 1.53 bits per heavy atom. The first-order chi connectivity index (χ1) is 8.42. The van der Waals surface area contributed by atoms with Crippen molar-refractivity contribution in [3.8, 4) is 0 Å². The van der Waals surface area contributed by atoms with E-state index in [9.17, 15) is 0 Å². The topological polar surface area (TPSA) is 30.5 Å². The van der Waals surface area contributed by atoms with Gasteiger partial charge in [-0.2, -0.15) is 0 Å². The maximum atomic E-state index is 3.45. The molecule has 0 atom stereocenters. The molecule has 3 aliphatic heterocycles. The lowest BCUT2D eigenvalue weighted by molar-refractivity contribution is 0.0152. The molecule has 4 nitrogen and oxygen atoms in total. The van der Waals surface area contributed by atoms with Crippen LogP contribution < -0.4 is 10.6 Å². The predicted octanol–water partition coefficient (Wildman–Crippen LogP) is -0.425. The summed E-state index contributed by atoms with van der Waals surface area (Å²) >= 11 is 0. The van der Waals surface area contributed by atoms with Crippen LogP contribution >= 0.6 is 0 Å². The van der Waals surface area contributed by atoms with Gasteiger partial charge >= 0.3 is 0 Å². The van der Waals surface area contributed by atoms with E-state index in [4.69, 9.17) is 0 Å². The van der Waals surface area contributed by atoms with Crippen molar-refractivity contribution in [1.29, 1.82) is 0 Å². The highest BCUT2D eigenvalue weighted by Crippen LogP contribution is 2.20. The van der Waals surface area contributed by atoms with Crippen LogP contribution in [0, 0.1) is 5.92 Å². The van der Waals surface area contributed by atoms with Crippen molar-refractivity contribution in [2.75, 3.05) is 58.9 Å². The Morgan fingerprint density at radius 1 is 0.882 bits per heavy atom. The van der Waals surface area contributed by atoms with Crippen LogP contribution in [0.1, 0.15) is 12.8 Å². The van der Waals surface area contributed by atoms with Gasteiger partial charge in [-0.15, -0.1) is 0 Å². The maximum Gasteiger partial charge on any atom is 0.0351 e. The minimum atomic E-state index is 0.860. The third-order valence-corrected chi connectivity index (χ3v) is 4.58. The van der Waals surface area contributed by atoms with Crippen molar-refractivity contribution in [3.05, 3.63) is 0 Å². The van der Waals surface area contributed by atoms with Crippen molar-refractivity contribution in [2.24, 2.45) is 5.92 Å². The van der Waals surface area contributed by atoms with Gasteiger partial charge in [-0.25, -0.2) is 0 Å². The van der Waals surface area contributed by atoms with Crippen molar-refractivity contribution >= 4 is 0 Å². The molecule has 0 aromatic heterocycles. The van der Waals surface area contributed by atoms with Crippen LogP contribution in [0.4, 0.5) is 0 Å². The second-order valence-corrected chi connectivity index (χ2v) is 5.85. The minimum absolute atomic E-state index is 0.860. The minimum Gasteiger partial charge on any atom is -0.317 e. The predicted molar refractivity (Wildman–Crippen MR) is 70.3 cm³/mol. The van der Waals surface area contributed by atoms with Crippen LogP contribution in [0.3, 0.4) is 0 Å². The molecule has 3 saturated heterocycles. The average molecular weight is 238 g/mol. The summed E-state index contributed by atoms with van der Waals surface area (Å²) in [6.45, 7) is 11.4. The highest BCUT2D eigenvalue weighted by molar-refractivity contribution is 4.90. The smallest absolute Gasteiger partial charge is 0.0351 e. The third-order valence-electron chi connectivity index (χ3n) is 4.58. The summed E-state index contributed by atoms with van der Waals surface area (Å²) in [5, 5.41) is 6.88. The van der Waals surface area contributed by atoms with Crippen molar-refractivity contribution in [2.45, 2.75) is 18.9 Å². The summed E-state index contributed by atoms with van der Waals surface area (Å²) in [5.74, 6) is 0.959. The van der Waals surface area contributed by atoms with Gasteiger partial charge in [0.1, 0.15) is 0 Å². The fourth-order valence-corrected chi connectivity index (χ4v) is 3.40. The lowest BCUT2D eigenvalue weighted by Crippen LogP contribution is -2.63. The zero-order valence-electron chi connectivity index (χ0n) is 10.8. The van der Waals surface area contributed by atoms with Gasteiger partial charge < -0.3 is 10.6 Å². The molecule has 0 radical (unpaired) electrons. The molecule has 2 N–H and O–H groups in total. The monoisotopic (exact) mass is 238 g/mol. The zero-order valence-corrected chi connectivity index (χ0v) is 10.8. The average Bonchev–Trinajstić information content (AvgIpc) is 2.36. The maximum absolute atomic E-state index is 3.45. The van der Waals surface area contributed by atoms with Gasteiger partial charge in [0.2, 0.25) is 0 Å². The van der Waals surface area contributed by atoms with Crippen LogP contribution in [-0.4, -0.2) is 74.7 Å². The number of hydrogen-bond donors (Lipinski definition) is 2. The molecule has 3 heterocycles. The lowest BCUT2D eigenvalue weighted by atomic mass is 9.95. The van der Waals surface area contributed by atoms with Crippen LogP contribution in [0.5, 0.6) is 0 Å². The SMILES string of the molecule is C1CC(CN2CC(N3CCNCC3)C2)CCN1. The first-order valence-corrected chi connectivity index (χ1v) is 7.29. The second kappa shape index (κ2) is 5.65. The van der Waals surface area contributed by atoms with E-state index in [0.29, 0.717) is 0 Å². The molecule has 17 heavy (non-hydrogen) atoms. The van der Waals surface area contributed by atoms with Gasteiger partial charge in [0.25, 0.3) is 0 Å². The van der Waals surface area contributed by atoms with Crippen molar-refractivity contribution < 1.29 is 0 Å². The Kier molecular flexibility index (Phi) is 3.96. The molecule has 0 unspecified atom stereocenters. The summed E-state index contributed by atoms with van der Waals surface area (Å²) < 4.78 is 0. The molecule has 4 heteroatoms. The molecular formula is C13H26N4. The molecular weight excluding hydrogens is 212 g/mol. The van der Waals surface area contributed by atoms with E-state index in [1.807, 2.05) is 0 Å². The highest BCUT2D eigenvalue weighted by atomic mass is 15.3. The summed E-state index contributed by atoms with van der Waals surface area (Å²) in [6.07, 6.45) is 2.77. The number of piperidine rings is 1. The lowest BCUT2D eigenvalue weighted by Gasteiger charge is -2.48. The molecule has 3 aliphatic rings. The molecule has 0 bridgehead atoms. The Hall–Kier alpha value is -0.160. The Morgan fingerprint density at radius 3 is 2.24 bits per heavy atom. The number of hydrogen-bond acceptors (Lipinski definition) is 4. The number of rotatable bonds is 3. The van der Waals surface area contributed by atoms with Gasteiger partial charge in [0.05, 0.1) is 0 Å². The quantitative estimate of drug-likeness (QED) is 0.699. The van der Waals surface area contributed by atoms with E-state index >= 15 is 0 Å². The van der Waals surface area contributed by atoms with Crippen LogP contribution in [0.25, 0.3) is 0 Å². The van der Waals surface area contributed by atoms with Gasteiger partial charge in [-0.05, 0) is 31.8 Å². The fourth-order valence-electron chi connectivity index (χ4n) is 3.40. The van der Waals surface area contributed by atoms with Crippen molar-refractivity contribution in [3.63, 3.8) is 0 Å². The molecule has 0 aliphatic carbocycles. The molecule has 98 valence electrons. The largest absolute Gasteiger partial charge is 0.317 e. The number of nitrogens with one attached hydrogen (secondary N) is 2. The number of likely N-dealkylation sites (tertiary alicyclic amines) is 1. The van der Waals surface area contributed by atoms with E-state index in [1.165, 1.54) is 71.7 Å². The van der Waals surface area contributed by atoms with Crippen LogP contribution in [0.15, 0.2) is 0 Å². The van der Waals surface area contributed by atoms with Gasteiger partial charge in [-0.3, -0.25) is 9.80 Å². The molecule has 0 aromatic rings. The Labute approximate surface area is 105 Å². The summed E-state index contributed by atoms with van der Waals surface area (Å²) in [6, 6.07) is 0.860. The normalized spacial score (nSPS) is 30.4. The number of piperazine rings is 1. The summed E-state index contributed by atoms with van der Waals surface area (Å²) in [5.41, 5.74) is 0. The van der Waals surface area contributed by atoms with Crippen LogP contribution in [-0.2, 0) is 0 Å². The van der Waals surface area contributed by atoms with Gasteiger partial charge in [-0.1, -0.05) is 0 Å². The third kappa shape index (κ3) is 2.99. The molecule has 3 fully saturated rings. The first-order valence-electron chi connectivity index (χ1n) is 7.29. The fraction of sp³-hybridized carbons (Fsp3) is 1.00. The van der Waals surface area contributed by atoms with E-state index in [-0.39, 0.29) is 0 Å². The highest BCUT2D eigenvalue weighted by Gasteiger charge is 2.33. The van der Waals surface area contributed by atoms with Gasteiger partial charge in [0.15, 0.2) is 0 Å².